The molecule has 0 spiro atoms. The predicted molar refractivity (Wildman–Crippen MR) is 130 cm³/mol. The van der Waals surface area contributed by atoms with E-state index >= 15 is 0 Å². The van der Waals surface area contributed by atoms with Gasteiger partial charge in [-0.2, -0.15) is 10.1 Å². The quantitative estimate of drug-likeness (QED) is 0.399. The summed E-state index contributed by atoms with van der Waals surface area (Å²) in [6, 6.07) is 19.6. The van der Waals surface area contributed by atoms with Crippen LogP contribution in [0, 0.1) is 11.8 Å². The molecule has 0 saturated carbocycles. The fourth-order valence-corrected chi connectivity index (χ4v) is 6.29. The fraction of sp³-hybridized carbons (Fsp3) is 0.222. The van der Waals surface area contributed by atoms with Gasteiger partial charge in [-0.3, -0.25) is 9.59 Å². The van der Waals surface area contributed by atoms with Gasteiger partial charge in [0.1, 0.15) is 0 Å². The van der Waals surface area contributed by atoms with Crippen LogP contribution in [0.25, 0.3) is 0 Å². The normalized spacial score (nSPS) is 24.4. The Bertz CT molecular complexity index is 1270. The number of halogens is 1. The number of nitrogens with zero attached hydrogens (tertiary/aromatic N) is 2. The molecule has 1 N–H and O–H groups in total. The van der Waals surface area contributed by atoms with Gasteiger partial charge in [-0.15, -0.1) is 0 Å². The number of phenols is 1. The maximum Gasteiger partial charge on any atom is 0.254 e. The van der Waals surface area contributed by atoms with Crippen molar-refractivity contribution in [3.63, 3.8) is 0 Å². The number of imide groups is 1. The van der Waals surface area contributed by atoms with Crippen molar-refractivity contribution in [3.05, 3.63) is 93.0 Å². The van der Waals surface area contributed by atoms with Crippen LogP contribution < -0.4 is 4.74 Å². The van der Waals surface area contributed by atoms with Crippen LogP contribution in [0.4, 0.5) is 0 Å². The Morgan fingerprint density at radius 3 is 1.91 bits per heavy atom. The average molecular weight is 517 g/mol. The third-order valence-electron chi connectivity index (χ3n) is 7.10. The summed E-state index contributed by atoms with van der Waals surface area (Å²) in [6.07, 6.45) is 1.46. The van der Waals surface area contributed by atoms with E-state index in [4.69, 9.17) is 4.74 Å². The van der Waals surface area contributed by atoms with Crippen molar-refractivity contribution in [1.82, 2.24) is 5.01 Å². The first-order valence-electron chi connectivity index (χ1n) is 11.3. The van der Waals surface area contributed by atoms with E-state index in [-0.39, 0.29) is 29.4 Å². The first-order chi connectivity index (χ1) is 16.5. The van der Waals surface area contributed by atoms with Gasteiger partial charge in [0, 0.05) is 11.8 Å². The fourth-order valence-electron chi connectivity index (χ4n) is 5.83. The van der Waals surface area contributed by atoms with Gasteiger partial charge < -0.3 is 9.84 Å². The second-order valence-corrected chi connectivity index (χ2v) is 9.63. The zero-order valence-electron chi connectivity index (χ0n) is 18.3. The van der Waals surface area contributed by atoms with Crippen LogP contribution in [0.3, 0.4) is 0 Å². The number of rotatable bonds is 4. The van der Waals surface area contributed by atoms with E-state index in [1.54, 1.807) is 12.1 Å². The Morgan fingerprint density at radius 2 is 1.44 bits per heavy atom. The number of hydrogen-bond acceptors (Lipinski definition) is 5. The largest absolute Gasteiger partial charge is 0.503 e. The lowest BCUT2D eigenvalue weighted by Gasteiger charge is -2.45. The Hall–Kier alpha value is -3.45. The van der Waals surface area contributed by atoms with Gasteiger partial charge in [0.15, 0.2) is 11.5 Å². The molecule has 34 heavy (non-hydrogen) atoms. The van der Waals surface area contributed by atoms with Crippen molar-refractivity contribution in [2.45, 2.75) is 18.8 Å². The molecular formula is C27H21BrN2O4. The van der Waals surface area contributed by atoms with Crippen molar-refractivity contribution in [3.8, 4) is 11.5 Å². The van der Waals surface area contributed by atoms with Crippen LogP contribution in [0.5, 0.6) is 11.5 Å². The van der Waals surface area contributed by atoms with Crippen molar-refractivity contribution in [2.75, 3.05) is 6.61 Å². The minimum Gasteiger partial charge on any atom is -0.503 e. The summed E-state index contributed by atoms with van der Waals surface area (Å²) in [7, 11) is 0. The number of phenolic OH excluding ortho intramolecular Hbond substituents is 1. The van der Waals surface area contributed by atoms with Crippen LogP contribution in [0.15, 0.2) is 70.2 Å². The van der Waals surface area contributed by atoms with Gasteiger partial charge >= 0.3 is 0 Å². The smallest absolute Gasteiger partial charge is 0.254 e. The zero-order chi connectivity index (χ0) is 23.6. The summed E-state index contributed by atoms with van der Waals surface area (Å²) in [5, 5.41) is 15.5. The molecule has 6 nitrogen and oxygen atoms in total. The SMILES string of the molecule is CCOc1cc(/C=N\N2C(=O)[C@H]3C4c5ccccc5C(c5ccccc54)[C@@H]3C2=O)cc(Br)c1O. The Kier molecular flexibility index (Phi) is 4.85. The lowest BCUT2D eigenvalue weighted by atomic mass is 9.55. The highest BCUT2D eigenvalue weighted by Crippen LogP contribution is 2.60. The molecule has 2 bridgehead atoms. The second kappa shape index (κ2) is 7.81. The summed E-state index contributed by atoms with van der Waals surface area (Å²) in [6.45, 7) is 2.21. The van der Waals surface area contributed by atoms with Crippen LogP contribution in [-0.4, -0.2) is 34.8 Å². The molecule has 1 heterocycles. The Balaban J connectivity index is 1.40. The summed E-state index contributed by atoms with van der Waals surface area (Å²) in [5.74, 6) is -1.51. The maximum atomic E-state index is 13.6. The van der Waals surface area contributed by atoms with E-state index in [0.29, 0.717) is 22.4 Å². The van der Waals surface area contributed by atoms with Crippen molar-refractivity contribution < 1.29 is 19.4 Å². The molecule has 3 aliphatic carbocycles. The number of benzene rings is 3. The topological polar surface area (TPSA) is 79.2 Å². The molecule has 1 aliphatic heterocycles. The van der Waals surface area contributed by atoms with E-state index in [1.165, 1.54) is 6.21 Å². The molecule has 3 aromatic rings. The van der Waals surface area contributed by atoms with E-state index < -0.39 is 11.8 Å². The molecule has 0 unspecified atom stereocenters. The van der Waals surface area contributed by atoms with E-state index in [0.717, 1.165) is 27.3 Å². The summed E-state index contributed by atoms with van der Waals surface area (Å²) in [5.41, 5.74) is 5.11. The molecule has 0 aromatic heterocycles. The molecule has 7 rings (SSSR count). The predicted octanol–water partition coefficient (Wildman–Crippen LogP) is 4.78. The maximum absolute atomic E-state index is 13.6. The zero-order valence-corrected chi connectivity index (χ0v) is 19.9. The van der Waals surface area contributed by atoms with Crippen molar-refractivity contribution >= 4 is 34.0 Å². The molecule has 2 atom stereocenters. The van der Waals surface area contributed by atoms with Crippen molar-refractivity contribution in [1.29, 1.82) is 0 Å². The molecule has 170 valence electrons. The summed E-state index contributed by atoms with van der Waals surface area (Å²) < 4.78 is 5.91. The molecule has 2 amide bonds. The number of hydrazone groups is 1. The van der Waals surface area contributed by atoms with Gasteiger partial charge in [-0.25, -0.2) is 0 Å². The Morgan fingerprint density at radius 1 is 0.941 bits per heavy atom. The molecule has 1 fully saturated rings. The molecule has 3 aromatic carbocycles. The lowest BCUT2D eigenvalue weighted by molar-refractivity contribution is -0.139. The number of carbonyl (C=O) groups excluding carboxylic acids is 2. The van der Waals surface area contributed by atoms with Crippen LogP contribution >= 0.6 is 15.9 Å². The monoisotopic (exact) mass is 516 g/mol. The first-order valence-corrected chi connectivity index (χ1v) is 12.0. The van der Waals surface area contributed by atoms with Gasteiger partial charge in [-0.1, -0.05) is 48.5 Å². The third-order valence-corrected chi connectivity index (χ3v) is 7.70. The van der Waals surface area contributed by atoms with Gasteiger partial charge in [0.25, 0.3) is 11.8 Å². The highest BCUT2D eigenvalue weighted by Gasteiger charge is 2.61. The highest BCUT2D eigenvalue weighted by atomic mass is 79.9. The highest BCUT2D eigenvalue weighted by molar-refractivity contribution is 9.10. The minimum absolute atomic E-state index is 0.00884. The van der Waals surface area contributed by atoms with E-state index in [2.05, 4.69) is 45.3 Å². The summed E-state index contributed by atoms with van der Waals surface area (Å²) in [4.78, 5) is 27.2. The number of amides is 2. The van der Waals surface area contributed by atoms with Crippen LogP contribution in [-0.2, 0) is 9.59 Å². The molecule has 7 heteroatoms. The Labute approximate surface area is 205 Å². The molecule has 1 saturated heterocycles. The van der Waals surface area contributed by atoms with E-state index in [9.17, 15) is 14.7 Å². The number of ether oxygens (including phenoxy) is 1. The average Bonchev–Trinajstić information content (AvgIpc) is 3.11. The van der Waals surface area contributed by atoms with Gasteiger partial charge in [-0.05, 0) is 62.8 Å². The van der Waals surface area contributed by atoms with Crippen molar-refractivity contribution in [2.24, 2.45) is 16.9 Å². The molecular weight excluding hydrogens is 496 g/mol. The van der Waals surface area contributed by atoms with Gasteiger partial charge in [0.2, 0.25) is 0 Å². The second-order valence-electron chi connectivity index (χ2n) is 8.78. The van der Waals surface area contributed by atoms with Crippen LogP contribution in [0.2, 0.25) is 0 Å². The first kappa shape index (κ1) is 21.1. The number of aromatic hydroxyl groups is 1. The number of hydrogen-bond donors (Lipinski definition) is 1. The lowest BCUT2D eigenvalue weighted by Crippen LogP contribution is -2.41. The van der Waals surface area contributed by atoms with Gasteiger partial charge in [0.05, 0.1) is 29.1 Å². The van der Waals surface area contributed by atoms with Crippen LogP contribution in [0.1, 0.15) is 46.6 Å². The van der Waals surface area contributed by atoms with E-state index in [1.807, 2.05) is 31.2 Å². The standard InChI is InChI=1S/C27H21BrN2O4/c1-2-34-20-12-14(11-19(28)25(20)31)13-29-30-26(32)23-21-15-7-3-4-8-16(15)22(24(23)27(30)33)18-10-6-5-9-17(18)21/h3-13,21-24,31H,2H2,1H3/b29-13-/t21?,22?,23-,24-/m0/s1. The number of carbonyl (C=O) groups is 2. The summed E-state index contributed by atoms with van der Waals surface area (Å²) >= 11 is 3.31. The minimum atomic E-state index is -0.468. The third kappa shape index (κ3) is 2.89. The molecule has 4 aliphatic rings. The molecule has 0 radical (unpaired) electrons.